The number of furan rings is 1. The lowest BCUT2D eigenvalue weighted by molar-refractivity contribution is -0.149. The zero-order valence-electron chi connectivity index (χ0n) is 15.4. The van der Waals surface area contributed by atoms with Gasteiger partial charge in [0.2, 0.25) is 0 Å². The number of nitrogens with one attached hydrogen (secondary N) is 2. The van der Waals surface area contributed by atoms with Gasteiger partial charge < -0.3 is 19.8 Å². The van der Waals surface area contributed by atoms with Gasteiger partial charge in [-0.05, 0) is 51.2 Å². The van der Waals surface area contributed by atoms with Crippen molar-refractivity contribution >= 4 is 11.9 Å². The van der Waals surface area contributed by atoms with Crippen molar-refractivity contribution in [3.05, 3.63) is 24.2 Å². The van der Waals surface area contributed by atoms with Crippen LogP contribution in [0.1, 0.15) is 51.7 Å². The predicted octanol–water partition coefficient (Wildman–Crippen LogP) is 2.89. The van der Waals surface area contributed by atoms with Crippen LogP contribution in [0.5, 0.6) is 0 Å². The molecule has 0 amide bonds. The SMILES string of the molecule is CCCN=C(NCCc1ccco1)NC1CCC(C(=O)OCC)CC1. The molecular formula is C19H31N3O3. The van der Waals surface area contributed by atoms with Crippen LogP contribution in [0.4, 0.5) is 0 Å². The third-order valence-corrected chi connectivity index (χ3v) is 4.43. The molecule has 2 rings (SSSR count). The number of guanidine groups is 1. The Balaban J connectivity index is 1.76. The first-order valence-electron chi connectivity index (χ1n) is 9.46. The molecule has 1 aromatic rings. The molecule has 1 saturated carbocycles. The van der Waals surface area contributed by atoms with Crippen molar-refractivity contribution in [1.29, 1.82) is 0 Å². The average molecular weight is 349 g/mol. The zero-order chi connectivity index (χ0) is 17.9. The molecule has 1 aliphatic carbocycles. The molecule has 1 heterocycles. The van der Waals surface area contributed by atoms with Gasteiger partial charge in [-0.2, -0.15) is 0 Å². The molecule has 1 fully saturated rings. The number of esters is 1. The van der Waals surface area contributed by atoms with E-state index in [0.29, 0.717) is 12.6 Å². The van der Waals surface area contributed by atoms with E-state index in [4.69, 9.17) is 9.15 Å². The fraction of sp³-hybridized carbons (Fsp3) is 0.684. The molecule has 0 saturated heterocycles. The maximum atomic E-state index is 11.8. The highest BCUT2D eigenvalue weighted by Crippen LogP contribution is 2.25. The average Bonchev–Trinajstić information content (AvgIpc) is 3.13. The second kappa shape index (κ2) is 10.8. The van der Waals surface area contributed by atoms with Crippen LogP contribution in [0, 0.1) is 5.92 Å². The van der Waals surface area contributed by atoms with Gasteiger partial charge >= 0.3 is 5.97 Å². The highest BCUT2D eigenvalue weighted by molar-refractivity contribution is 5.80. The molecule has 25 heavy (non-hydrogen) atoms. The summed E-state index contributed by atoms with van der Waals surface area (Å²) in [6.45, 7) is 6.02. The van der Waals surface area contributed by atoms with Crippen LogP contribution in [0.15, 0.2) is 27.8 Å². The third kappa shape index (κ3) is 6.80. The molecule has 0 bridgehead atoms. The Hall–Kier alpha value is -1.98. The fourth-order valence-corrected chi connectivity index (χ4v) is 3.06. The number of rotatable bonds is 8. The van der Waals surface area contributed by atoms with Crippen molar-refractivity contribution in [1.82, 2.24) is 10.6 Å². The molecule has 0 radical (unpaired) electrons. The van der Waals surface area contributed by atoms with E-state index >= 15 is 0 Å². The Bertz CT molecular complexity index is 520. The number of carbonyl (C=O) groups excluding carboxylic acids is 1. The second-order valence-electron chi connectivity index (χ2n) is 6.43. The topological polar surface area (TPSA) is 75.9 Å². The standard InChI is InChI=1S/C19H31N3O3/c1-3-12-20-19(21-13-11-17-6-5-14-25-17)22-16-9-7-15(8-10-16)18(23)24-4-2/h5-6,14-16H,3-4,7-13H2,1-2H3,(H2,20,21,22). The largest absolute Gasteiger partial charge is 0.469 e. The van der Waals surface area contributed by atoms with Crippen molar-refractivity contribution in [2.45, 2.75) is 58.4 Å². The summed E-state index contributed by atoms with van der Waals surface area (Å²) < 4.78 is 10.5. The highest BCUT2D eigenvalue weighted by atomic mass is 16.5. The summed E-state index contributed by atoms with van der Waals surface area (Å²) in [7, 11) is 0. The lowest BCUT2D eigenvalue weighted by Gasteiger charge is -2.29. The molecule has 0 aromatic carbocycles. The van der Waals surface area contributed by atoms with Crippen LogP contribution >= 0.6 is 0 Å². The first-order valence-corrected chi connectivity index (χ1v) is 9.46. The summed E-state index contributed by atoms with van der Waals surface area (Å²) in [5, 5.41) is 6.90. The fourth-order valence-electron chi connectivity index (χ4n) is 3.06. The molecule has 0 unspecified atom stereocenters. The predicted molar refractivity (Wildman–Crippen MR) is 98.5 cm³/mol. The first-order chi connectivity index (χ1) is 12.2. The van der Waals surface area contributed by atoms with E-state index in [9.17, 15) is 4.79 Å². The van der Waals surface area contributed by atoms with E-state index in [2.05, 4.69) is 22.5 Å². The second-order valence-corrected chi connectivity index (χ2v) is 6.43. The number of nitrogens with zero attached hydrogens (tertiary/aromatic N) is 1. The van der Waals surface area contributed by atoms with Gasteiger partial charge in [0.25, 0.3) is 0 Å². The molecule has 0 atom stereocenters. The smallest absolute Gasteiger partial charge is 0.308 e. The van der Waals surface area contributed by atoms with Gasteiger partial charge in [-0.15, -0.1) is 0 Å². The maximum absolute atomic E-state index is 11.8. The molecule has 140 valence electrons. The zero-order valence-corrected chi connectivity index (χ0v) is 15.4. The number of carbonyl (C=O) groups is 1. The number of hydrogen-bond donors (Lipinski definition) is 2. The number of hydrogen-bond acceptors (Lipinski definition) is 4. The van der Waals surface area contributed by atoms with Crippen LogP contribution < -0.4 is 10.6 Å². The van der Waals surface area contributed by atoms with Crippen LogP contribution in [-0.2, 0) is 16.0 Å². The Morgan fingerprint density at radius 1 is 1.32 bits per heavy atom. The van der Waals surface area contributed by atoms with Crippen molar-refractivity contribution in [2.24, 2.45) is 10.9 Å². The van der Waals surface area contributed by atoms with Crippen molar-refractivity contribution in [3.8, 4) is 0 Å². The molecular weight excluding hydrogens is 318 g/mol. The molecule has 0 aliphatic heterocycles. The van der Waals surface area contributed by atoms with Gasteiger partial charge in [0.05, 0.1) is 18.8 Å². The van der Waals surface area contributed by atoms with Crippen molar-refractivity contribution in [3.63, 3.8) is 0 Å². The monoisotopic (exact) mass is 349 g/mol. The van der Waals surface area contributed by atoms with Gasteiger partial charge in [-0.1, -0.05) is 6.92 Å². The molecule has 6 nitrogen and oxygen atoms in total. The summed E-state index contributed by atoms with van der Waals surface area (Å²) in [5.74, 6) is 1.84. The Kier molecular flexibility index (Phi) is 8.35. The summed E-state index contributed by atoms with van der Waals surface area (Å²) in [6.07, 6.45) is 7.23. The maximum Gasteiger partial charge on any atom is 0.308 e. The van der Waals surface area contributed by atoms with E-state index in [1.165, 1.54) is 0 Å². The Labute approximate surface area is 150 Å². The molecule has 1 aliphatic rings. The van der Waals surface area contributed by atoms with Crippen LogP contribution in [0.25, 0.3) is 0 Å². The van der Waals surface area contributed by atoms with Gasteiger partial charge in [0, 0.05) is 25.6 Å². The highest BCUT2D eigenvalue weighted by Gasteiger charge is 2.27. The van der Waals surface area contributed by atoms with Crippen LogP contribution in [0.2, 0.25) is 0 Å². The Morgan fingerprint density at radius 3 is 2.76 bits per heavy atom. The minimum Gasteiger partial charge on any atom is -0.469 e. The quantitative estimate of drug-likeness (QED) is 0.429. The lowest BCUT2D eigenvalue weighted by Crippen LogP contribution is -2.46. The van der Waals surface area contributed by atoms with Crippen LogP contribution in [-0.4, -0.2) is 37.7 Å². The van der Waals surface area contributed by atoms with Crippen molar-refractivity contribution < 1.29 is 13.9 Å². The summed E-state index contributed by atoms with van der Waals surface area (Å²) in [6, 6.07) is 4.24. The summed E-state index contributed by atoms with van der Waals surface area (Å²) >= 11 is 0. The molecule has 6 heteroatoms. The van der Waals surface area contributed by atoms with E-state index < -0.39 is 0 Å². The van der Waals surface area contributed by atoms with Crippen LogP contribution in [0.3, 0.4) is 0 Å². The van der Waals surface area contributed by atoms with Gasteiger partial charge in [-0.3, -0.25) is 9.79 Å². The third-order valence-electron chi connectivity index (χ3n) is 4.43. The Morgan fingerprint density at radius 2 is 2.12 bits per heavy atom. The number of aliphatic imine (C=N–C) groups is 1. The van der Waals surface area contributed by atoms with E-state index in [-0.39, 0.29) is 11.9 Å². The lowest BCUT2D eigenvalue weighted by atomic mass is 9.86. The molecule has 2 N–H and O–H groups in total. The van der Waals surface area contributed by atoms with Crippen molar-refractivity contribution in [2.75, 3.05) is 19.7 Å². The molecule has 0 spiro atoms. The van der Waals surface area contributed by atoms with E-state index in [1.807, 2.05) is 19.1 Å². The normalized spacial score (nSPS) is 21.0. The van der Waals surface area contributed by atoms with Gasteiger partial charge in [-0.25, -0.2) is 0 Å². The van der Waals surface area contributed by atoms with Gasteiger partial charge in [0.1, 0.15) is 5.76 Å². The van der Waals surface area contributed by atoms with Gasteiger partial charge in [0.15, 0.2) is 5.96 Å². The first kappa shape index (κ1) is 19.3. The van der Waals surface area contributed by atoms with E-state index in [0.717, 1.165) is 63.3 Å². The summed E-state index contributed by atoms with van der Waals surface area (Å²) in [4.78, 5) is 16.4. The van der Waals surface area contributed by atoms with E-state index in [1.54, 1.807) is 6.26 Å². The number of ether oxygens (including phenoxy) is 1. The summed E-state index contributed by atoms with van der Waals surface area (Å²) in [5.41, 5.74) is 0. The minimum atomic E-state index is -0.0441. The molecule has 1 aromatic heterocycles. The minimum absolute atomic E-state index is 0.0441.